The number of hydrogen-bond donors (Lipinski definition) is 0. The van der Waals surface area contributed by atoms with E-state index in [1.807, 2.05) is 0 Å². The Bertz CT molecular complexity index is 1050. The van der Waals surface area contributed by atoms with Crippen molar-refractivity contribution >= 4 is 44.8 Å². The number of hydrogen-bond acceptors (Lipinski definition) is 0. The first-order valence-corrected chi connectivity index (χ1v) is 11.6. The summed E-state index contributed by atoms with van der Waals surface area (Å²) in [6, 6.07) is 37.8. The molecule has 0 nitrogen and oxygen atoms in total. The van der Waals surface area contributed by atoms with E-state index in [2.05, 4.69) is 119 Å². The van der Waals surface area contributed by atoms with Crippen LogP contribution in [0.4, 0.5) is 0 Å². The van der Waals surface area contributed by atoms with Crippen molar-refractivity contribution in [1.82, 2.24) is 0 Å². The smallest absolute Gasteiger partial charge is 0.0623 e. The summed E-state index contributed by atoms with van der Waals surface area (Å²) < 4.78 is 1.18. The fourth-order valence-electron chi connectivity index (χ4n) is 4.45. The number of halogens is 1. The van der Waals surface area contributed by atoms with Gasteiger partial charge in [-0.1, -0.05) is 113 Å². The standard InChI is InChI=1S/C24H17BrSi/c25-21-15-9-17-23-24(21)20-14-7-8-16-22(20)26(23,18-10-3-1-4-11-18)19-12-5-2-6-13-19/h1-17H. The molecule has 2 heteroatoms. The Hall–Kier alpha value is -2.42. The molecule has 5 rings (SSSR count). The molecule has 4 aromatic carbocycles. The van der Waals surface area contributed by atoms with Gasteiger partial charge in [0.2, 0.25) is 0 Å². The van der Waals surface area contributed by atoms with Crippen LogP contribution in [0.2, 0.25) is 0 Å². The first kappa shape index (κ1) is 15.8. The van der Waals surface area contributed by atoms with Gasteiger partial charge < -0.3 is 0 Å². The number of benzene rings is 4. The molecule has 0 atom stereocenters. The molecule has 0 aromatic heterocycles. The Morgan fingerprint density at radius 1 is 0.500 bits per heavy atom. The maximum atomic E-state index is 3.84. The third-order valence-electron chi connectivity index (χ3n) is 5.43. The van der Waals surface area contributed by atoms with Gasteiger partial charge in [-0.15, -0.1) is 0 Å². The molecule has 4 aromatic rings. The van der Waals surface area contributed by atoms with Crippen molar-refractivity contribution in [3.05, 3.63) is 108 Å². The third-order valence-corrected chi connectivity index (χ3v) is 11.0. The summed E-state index contributed by atoms with van der Waals surface area (Å²) in [5, 5.41) is 5.84. The van der Waals surface area contributed by atoms with Crippen LogP contribution < -0.4 is 20.7 Å². The van der Waals surface area contributed by atoms with Gasteiger partial charge in [0.15, 0.2) is 8.07 Å². The van der Waals surface area contributed by atoms with E-state index < -0.39 is 8.07 Å². The largest absolute Gasteiger partial charge is 0.180 e. The topological polar surface area (TPSA) is 0 Å². The number of rotatable bonds is 2. The molecule has 26 heavy (non-hydrogen) atoms. The average molecular weight is 413 g/mol. The fraction of sp³-hybridized carbons (Fsp3) is 0. The maximum Gasteiger partial charge on any atom is 0.180 e. The number of fused-ring (bicyclic) bond motifs is 3. The van der Waals surface area contributed by atoms with Crippen LogP contribution in [0.25, 0.3) is 11.1 Å². The Morgan fingerprint density at radius 3 is 1.69 bits per heavy atom. The molecule has 0 spiro atoms. The Balaban J connectivity index is 2.00. The second kappa shape index (κ2) is 6.08. The molecular formula is C24H17BrSi. The van der Waals surface area contributed by atoms with Crippen molar-refractivity contribution in [2.75, 3.05) is 0 Å². The minimum absolute atomic E-state index is 1.18. The highest BCUT2D eigenvalue weighted by Gasteiger charge is 2.48. The summed E-state index contributed by atoms with van der Waals surface area (Å²) in [4.78, 5) is 0. The fourth-order valence-corrected chi connectivity index (χ4v) is 10.4. The molecule has 124 valence electrons. The summed E-state index contributed by atoms with van der Waals surface area (Å²) in [5.74, 6) is 0. The summed E-state index contributed by atoms with van der Waals surface area (Å²) in [5.41, 5.74) is 2.73. The van der Waals surface area contributed by atoms with Crippen molar-refractivity contribution in [2.24, 2.45) is 0 Å². The second-order valence-corrected chi connectivity index (χ2v) is 11.3. The molecule has 0 amide bonds. The van der Waals surface area contributed by atoms with E-state index in [0.717, 1.165) is 0 Å². The van der Waals surface area contributed by atoms with Gasteiger partial charge in [-0.25, -0.2) is 0 Å². The molecule has 0 aliphatic carbocycles. The highest BCUT2D eigenvalue weighted by Crippen LogP contribution is 2.33. The monoisotopic (exact) mass is 412 g/mol. The van der Waals surface area contributed by atoms with Crippen LogP contribution >= 0.6 is 15.9 Å². The van der Waals surface area contributed by atoms with Crippen molar-refractivity contribution in [3.63, 3.8) is 0 Å². The van der Waals surface area contributed by atoms with Crippen LogP contribution in [0.5, 0.6) is 0 Å². The van der Waals surface area contributed by atoms with Crippen LogP contribution in [0, 0.1) is 0 Å². The van der Waals surface area contributed by atoms with Gasteiger partial charge in [-0.05, 0) is 37.9 Å². The quantitative estimate of drug-likeness (QED) is 0.386. The normalized spacial score (nSPS) is 13.9. The van der Waals surface area contributed by atoms with Gasteiger partial charge >= 0.3 is 0 Å². The lowest BCUT2D eigenvalue weighted by Gasteiger charge is -2.31. The van der Waals surface area contributed by atoms with Crippen LogP contribution in [-0.2, 0) is 0 Å². The van der Waals surface area contributed by atoms with Gasteiger partial charge in [0.05, 0.1) is 0 Å². The summed E-state index contributed by atoms with van der Waals surface area (Å²) in [6.45, 7) is 0. The molecule has 0 saturated carbocycles. The minimum Gasteiger partial charge on any atom is -0.0623 e. The van der Waals surface area contributed by atoms with E-state index in [-0.39, 0.29) is 0 Å². The molecule has 0 N–H and O–H groups in total. The predicted molar refractivity (Wildman–Crippen MR) is 117 cm³/mol. The SMILES string of the molecule is Brc1cccc2c1-c1ccccc1[Si]2(c1ccccc1)c1ccccc1. The van der Waals surface area contributed by atoms with Crippen LogP contribution in [0.1, 0.15) is 0 Å². The van der Waals surface area contributed by atoms with Crippen LogP contribution in [0.3, 0.4) is 0 Å². The lowest BCUT2D eigenvalue weighted by Crippen LogP contribution is -2.72. The highest BCUT2D eigenvalue weighted by atomic mass is 79.9. The zero-order chi connectivity index (χ0) is 17.6. The molecule has 0 saturated heterocycles. The zero-order valence-electron chi connectivity index (χ0n) is 14.2. The zero-order valence-corrected chi connectivity index (χ0v) is 16.8. The van der Waals surface area contributed by atoms with Gasteiger partial charge in [0, 0.05) is 4.47 Å². The Labute approximate surface area is 163 Å². The van der Waals surface area contributed by atoms with Gasteiger partial charge in [0.1, 0.15) is 0 Å². The summed E-state index contributed by atoms with van der Waals surface area (Å²) in [6.07, 6.45) is 0. The molecule has 1 aliphatic heterocycles. The summed E-state index contributed by atoms with van der Waals surface area (Å²) >= 11 is 3.84. The van der Waals surface area contributed by atoms with E-state index in [0.29, 0.717) is 0 Å². The molecule has 0 unspecified atom stereocenters. The Morgan fingerprint density at radius 2 is 1.04 bits per heavy atom. The molecule has 0 fully saturated rings. The van der Waals surface area contributed by atoms with Crippen molar-refractivity contribution in [3.8, 4) is 11.1 Å². The first-order chi connectivity index (χ1) is 12.8. The van der Waals surface area contributed by atoms with Gasteiger partial charge in [-0.2, -0.15) is 0 Å². The van der Waals surface area contributed by atoms with E-state index in [1.54, 1.807) is 0 Å². The second-order valence-electron chi connectivity index (χ2n) is 6.69. The first-order valence-electron chi connectivity index (χ1n) is 8.83. The van der Waals surface area contributed by atoms with E-state index in [4.69, 9.17) is 0 Å². The average Bonchev–Trinajstić information content (AvgIpc) is 3.02. The highest BCUT2D eigenvalue weighted by molar-refractivity contribution is 9.10. The molecule has 1 heterocycles. The van der Waals surface area contributed by atoms with Crippen LogP contribution in [-0.4, -0.2) is 8.07 Å². The third kappa shape index (κ3) is 2.06. The predicted octanol–water partition coefficient (Wildman–Crippen LogP) is 3.81. The van der Waals surface area contributed by atoms with Crippen molar-refractivity contribution < 1.29 is 0 Å². The molecular weight excluding hydrogens is 396 g/mol. The van der Waals surface area contributed by atoms with Crippen molar-refractivity contribution in [1.29, 1.82) is 0 Å². The van der Waals surface area contributed by atoms with Crippen molar-refractivity contribution in [2.45, 2.75) is 0 Å². The van der Waals surface area contributed by atoms with E-state index >= 15 is 0 Å². The maximum absolute atomic E-state index is 3.84. The van der Waals surface area contributed by atoms with Gasteiger partial charge in [-0.3, -0.25) is 0 Å². The minimum atomic E-state index is -2.29. The molecule has 0 radical (unpaired) electrons. The van der Waals surface area contributed by atoms with Crippen LogP contribution in [0.15, 0.2) is 108 Å². The summed E-state index contributed by atoms with van der Waals surface area (Å²) in [7, 11) is -2.29. The van der Waals surface area contributed by atoms with E-state index in [1.165, 1.54) is 36.3 Å². The Kier molecular flexibility index (Phi) is 3.70. The van der Waals surface area contributed by atoms with E-state index in [9.17, 15) is 0 Å². The van der Waals surface area contributed by atoms with Gasteiger partial charge in [0.25, 0.3) is 0 Å². The lowest BCUT2D eigenvalue weighted by molar-refractivity contribution is 1.66. The molecule has 0 bridgehead atoms. The molecule has 1 aliphatic rings. The lowest BCUT2D eigenvalue weighted by atomic mass is 10.1.